The Hall–Kier alpha value is -1.31. The van der Waals surface area contributed by atoms with E-state index in [1.54, 1.807) is 18.4 Å². The van der Waals surface area contributed by atoms with Crippen molar-refractivity contribution in [3.05, 3.63) is 33.0 Å². The third-order valence-electron chi connectivity index (χ3n) is 2.90. The van der Waals surface area contributed by atoms with Crippen LogP contribution in [0.25, 0.3) is 0 Å². The third-order valence-corrected chi connectivity index (χ3v) is 4.36. The molecule has 1 atom stereocenters. The smallest absolute Gasteiger partial charge is 0.265 e. The lowest BCUT2D eigenvalue weighted by atomic mass is 10.2. The summed E-state index contributed by atoms with van der Waals surface area (Å²) < 4.78 is 9.26. The summed E-state index contributed by atoms with van der Waals surface area (Å²) in [6, 6.07) is 2.00. The number of aryl methyl sites for hydroxylation is 1. The number of carbonyl (C=O) groups is 1. The number of thiophene rings is 1. The molecule has 5 nitrogen and oxygen atoms in total. The van der Waals surface area contributed by atoms with Crippen molar-refractivity contribution in [3.8, 4) is 0 Å². The molecule has 0 aliphatic heterocycles. The van der Waals surface area contributed by atoms with Gasteiger partial charge in [-0.05, 0) is 40.3 Å². The number of carbonyl (C=O) groups excluding carboxylic acids is 1. The van der Waals surface area contributed by atoms with Gasteiger partial charge in [0, 0.05) is 13.7 Å². The maximum atomic E-state index is 12.2. The van der Waals surface area contributed by atoms with E-state index in [9.17, 15) is 4.79 Å². The fourth-order valence-corrected chi connectivity index (χ4v) is 3.17. The van der Waals surface area contributed by atoms with Crippen LogP contribution in [0.3, 0.4) is 0 Å². The first-order chi connectivity index (χ1) is 9.76. The summed E-state index contributed by atoms with van der Waals surface area (Å²) in [5.41, 5.74) is 1.86. The van der Waals surface area contributed by atoms with Gasteiger partial charge in [-0.2, -0.15) is 11.3 Å². The van der Waals surface area contributed by atoms with Crippen LogP contribution in [0.5, 0.6) is 0 Å². The first-order valence-electron chi connectivity index (χ1n) is 6.40. The molecule has 0 saturated carbocycles. The zero-order valence-electron chi connectivity index (χ0n) is 11.5. The molecule has 0 fully saturated rings. The van der Waals surface area contributed by atoms with Crippen LogP contribution < -0.4 is 5.32 Å². The van der Waals surface area contributed by atoms with Crippen molar-refractivity contribution >= 4 is 28.8 Å². The molecule has 20 heavy (non-hydrogen) atoms. The van der Waals surface area contributed by atoms with Crippen molar-refractivity contribution in [2.24, 2.45) is 0 Å². The third kappa shape index (κ3) is 3.62. The van der Waals surface area contributed by atoms with Gasteiger partial charge in [0.2, 0.25) is 0 Å². The van der Waals surface area contributed by atoms with Gasteiger partial charge < -0.3 is 10.1 Å². The molecule has 0 bridgehead atoms. The minimum absolute atomic E-state index is 0.124. The number of methoxy groups -OCH3 is 1. The number of amides is 1. The molecule has 0 aliphatic carbocycles. The van der Waals surface area contributed by atoms with Crippen molar-refractivity contribution in [2.75, 3.05) is 13.7 Å². The van der Waals surface area contributed by atoms with E-state index < -0.39 is 0 Å². The number of aromatic nitrogens is 2. The lowest BCUT2D eigenvalue weighted by Crippen LogP contribution is -2.29. The molecule has 2 rings (SSSR count). The Morgan fingerprint density at radius 2 is 2.40 bits per heavy atom. The number of ether oxygens (including phenoxy) is 1. The van der Waals surface area contributed by atoms with Gasteiger partial charge in [-0.25, -0.2) is 0 Å². The van der Waals surface area contributed by atoms with Crippen molar-refractivity contribution in [1.29, 1.82) is 0 Å². The molecule has 108 valence electrons. The molecule has 2 heterocycles. The Labute approximate surface area is 126 Å². The Kier molecular flexibility index (Phi) is 5.63. The average Bonchev–Trinajstić information content (AvgIpc) is 3.11. The molecule has 0 radical (unpaired) electrons. The Bertz CT molecular complexity index is 540. The van der Waals surface area contributed by atoms with Gasteiger partial charge in [-0.3, -0.25) is 4.79 Å². The second-order valence-corrected chi connectivity index (χ2v) is 5.82. The van der Waals surface area contributed by atoms with Gasteiger partial charge in [0.05, 0.1) is 5.69 Å². The molecule has 2 aromatic heterocycles. The van der Waals surface area contributed by atoms with Crippen molar-refractivity contribution < 1.29 is 9.53 Å². The topological polar surface area (TPSA) is 64.1 Å². The van der Waals surface area contributed by atoms with Crippen LogP contribution in [0.1, 0.15) is 40.4 Å². The number of rotatable bonds is 7. The normalized spacial score (nSPS) is 12.3. The number of hydrogen-bond donors (Lipinski definition) is 1. The molecule has 0 saturated heterocycles. The van der Waals surface area contributed by atoms with E-state index in [0.29, 0.717) is 11.4 Å². The second kappa shape index (κ2) is 7.47. The maximum absolute atomic E-state index is 12.2. The molecule has 7 heteroatoms. The van der Waals surface area contributed by atoms with Crippen LogP contribution >= 0.6 is 22.9 Å². The highest BCUT2D eigenvalue weighted by Gasteiger charge is 2.18. The zero-order valence-corrected chi connectivity index (χ0v) is 13.1. The summed E-state index contributed by atoms with van der Waals surface area (Å²) in [4.78, 5) is 12.8. The standard InChI is InChI=1S/C13H17N3O2S2/c1-3-4-10-12(20-16-15-10)13(17)14-7-11(18-2)9-5-6-19-8-9/h5-6,8,11H,3-4,7H2,1-2H3,(H,14,17). The molecule has 1 amide bonds. The summed E-state index contributed by atoms with van der Waals surface area (Å²) in [5, 5.41) is 10.9. The zero-order chi connectivity index (χ0) is 14.4. The predicted octanol–water partition coefficient (Wildman–Crippen LogP) is 2.67. The highest BCUT2D eigenvalue weighted by atomic mass is 32.1. The molecule has 0 aliphatic rings. The fourth-order valence-electron chi connectivity index (χ4n) is 1.84. The van der Waals surface area contributed by atoms with Crippen LogP contribution in [0.2, 0.25) is 0 Å². The summed E-state index contributed by atoms with van der Waals surface area (Å²) in [6.45, 7) is 2.49. The summed E-state index contributed by atoms with van der Waals surface area (Å²) >= 11 is 2.76. The largest absolute Gasteiger partial charge is 0.375 e. The van der Waals surface area contributed by atoms with E-state index in [-0.39, 0.29) is 12.0 Å². The molecule has 1 N–H and O–H groups in total. The van der Waals surface area contributed by atoms with Gasteiger partial charge in [-0.15, -0.1) is 5.10 Å². The van der Waals surface area contributed by atoms with E-state index in [4.69, 9.17) is 4.74 Å². The summed E-state index contributed by atoms with van der Waals surface area (Å²) in [7, 11) is 1.64. The van der Waals surface area contributed by atoms with Crippen molar-refractivity contribution in [3.63, 3.8) is 0 Å². The van der Waals surface area contributed by atoms with Gasteiger partial charge in [0.1, 0.15) is 11.0 Å². The SMILES string of the molecule is CCCc1nnsc1C(=O)NCC(OC)c1ccsc1. The van der Waals surface area contributed by atoms with E-state index in [1.807, 2.05) is 16.8 Å². The van der Waals surface area contributed by atoms with E-state index >= 15 is 0 Å². The van der Waals surface area contributed by atoms with Crippen LogP contribution in [-0.2, 0) is 11.2 Å². The van der Waals surface area contributed by atoms with E-state index in [1.165, 1.54) is 0 Å². The van der Waals surface area contributed by atoms with E-state index in [0.717, 1.165) is 35.6 Å². The summed E-state index contributed by atoms with van der Waals surface area (Å²) in [6.07, 6.45) is 1.60. The van der Waals surface area contributed by atoms with Crippen LogP contribution in [0, 0.1) is 0 Å². The van der Waals surface area contributed by atoms with Crippen LogP contribution in [-0.4, -0.2) is 29.1 Å². The first kappa shape index (κ1) is 15.1. The quantitative estimate of drug-likeness (QED) is 0.854. The highest BCUT2D eigenvalue weighted by Crippen LogP contribution is 2.19. The number of hydrogen-bond acceptors (Lipinski definition) is 6. The maximum Gasteiger partial charge on any atom is 0.265 e. The summed E-state index contributed by atoms with van der Waals surface area (Å²) in [5.74, 6) is -0.124. The lowest BCUT2D eigenvalue weighted by Gasteiger charge is -2.14. The predicted molar refractivity (Wildman–Crippen MR) is 80.3 cm³/mol. The lowest BCUT2D eigenvalue weighted by molar-refractivity contribution is 0.0831. The molecule has 1 unspecified atom stereocenters. The molecule has 2 aromatic rings. The van der Waals surface area contributed by atoms with Gasteiger partial charge in [-0.1, -0.05) is 17.8 Å². The fraction of sp³-hybridized carbons (Fsp3) is 0.462. The van der Waals surface area contributed by atoms with Gasteiger partial charge in [0.25, 0.3) is 5.91 Å². The molecule has 0 spiro atoms. The Morgan fingerprint density at radius 3 is 3.05 bits per heavy atom. The highest BCUT2D eigenvalue weighted by molar-refractivity contribution is 7.08. The number of nitrogens with one attached hydrogen (secondary N) is 1. The van der Waals surface area contributed by atoms with Crippen molar-refractivity contribution in [2.45, 2.75) is 25.9 Å². The van der Waals surface area contributed by atoms with E-state index in [2.05, 4.69) is 21.8 Å². The second-order valence-electron chi connectivity index (χ2n) is 4.29. The minimum atomic E-state index is -0.124. The average molecular weight is 311 g/mol. The van der Waals surface area contributed by atoms with Crippen molar-refractivity contribution in [1.82, 2.24) is 14.9 Å². The van der Waals surface area contributed by atoms with Crippen LogP contribution in [0.4, 0.5) is 0 Å². The monoisotopic (exact) mass is 311 g/mol. The Balaban J connectivity index is 1.96. The Morgan fingerprint density at radius 1 is 1.55 bits per heavy atom. The first-order valence-corrected chi connectivity index (χ1v) is 8.12. The number of nitrogens with zero attached hydrogens (tertiary/aromatic N) is 2. The van der Waals surface area contributed by atoms with Gasteiger partial charge in [0.15, 0.2) is 0 Å². The molecular weight excluding hydrogens is 294 g/mol. The molecular formula is C13H17N3O2S2. The van der Waals surface area contributed by atoms with Crippen LogP contribution in [0.15, 0.2) is 16.8 Å². The minimum Gasteiger partial charge on any atom is -0.375 e. The molecule has 0 aromatic carbocycles. The van der Waals surface area contributed by atoms with Gasteiger partial charge >= 0.3 is 0 Å².